The molecule has 0 radical (unpaired) electrons. The van der Waals surface area contributed by atoms with Crippen molar-refractivity contribution < 1.29 is 31.6 Å². The molecule has 248 valence electrons. The summed E-state index contributed by atoms with van der Waals surface area (Å²) in [5, 5.41) is 4.03. The number of anilines is 1. The number of ether oxygens (including phenoxy) is 3. The third-order valence-electron chi connectivity index (χ3n) is 7.81. The first-order valence-corrected chi connectivity index (χ1v) is 17.9. The fourth-order valence-corrected chi connectivity index (χ4v) is 6.12. The largest absolute Gasteiger partial charge is 0.465 e. The average Bonchev–Trinajstić information content (AvgIpc) is 3.04. The van der Waals surface area contributed by atoms with E-state index in [4.69, 9.17) is 18.4 Å². The van der Waals surface area contributed by atoms with Crippen molar-refractivity contribution in [3.05, 3.63) is 60.7 Å². The highest BCUT2D eigenvalue weighted by atomic mass is 32.2. The standard InChI is InChI=1S/C36H51NO7S/c1-4-5-6-7-8-9-10-11-12-13-14-15-19-26-35(38)37-33-27-34(44-45(39,40)30-22-17-16-18-23-30)31-24-20-21-25-32(31)36(33)43-28-42-29(2)41-3/h16-18,20-25,27,29H,4-15,19,26,28H2,1-3H3,(H,37,38). The molecule has 3 rings (SSSR count). The molecular weight excluding hydrogens is 590 g/mol. The Kier molecular flexibility index (Phi) is 16.2. The van der Waals surface area contributed by atoms with E-state index in [2.05, 4.69) is 12.2 Å². The fraction of sp³-hybridized carbons (Fsp3) is 0.528. The second-order valence-electron chi connectivity index (χ2n) is 11.4. The number of nitrogens with one attached hydrogen (secondary N) is 1. The molecule has 45 heavy (non-hydrogen) atoms. The molecule has 1 unspecified atom stereocenters. The maximum Gasteiger partial charge on any atom is 0.339 e. The zero-order valence-corrected chi connectivity index (χ0v) is 28.0. The van der Waals surface area contributed by atoms with Gasteiger partial charge in [0, 0.05) is 30.4 Å². The molecule has 0 aliphatic carbocycles. The molecule has 0 aromatic heterocycles. The smallest absolute Gasteiger partial charge is 0.339 e. The van der Waals surface area contributed by atoms with Crippen LogP contribution in [0.1, 0.15) is 104 Å². The Morgan fingerprint density at radius 2 is 1.33 bits per heavy atom. The van der Waals surface area contributed by atoms with Crippen molar-refractivity contribution in [2.24, 2.45) is 0 Å². The highest BCUT2D eigenvalue weighted by molar-refractivity contribution is 7.87. The summed E-state index contributed by atoms with van der Waals surface area (Å²) in [4.78, 5) is 13.1. The molecular formula is C36H51NO7S. The Hall–Kier alpha value is -3.14. The van der Waals surface area contributed by atoms with E-state index in [1.165, 1.54) is 89.5 Å². The van der Waals surface area contributed by atoms with Gasteiger partial charge in [-0.1, -0.05) is 126 Å². The number of carbonyl (C=O) groups is 1. The lowest BCUT2D eigenvalue weighted by Crippen LogP contribution is -2.17. The van der Waals surface area contributed by atoms with Crippen molar-refractivity contribution in [3.8, 4) is 11.5 Å². The summed E-state index contributed by atoms with van der Waals surface area (Å²) in [5.74, 6) is 0.266. The molecule has 0 spiro atoms. The van der Waals surface area contributed by atoms with E-state index in [1.54, 1.807) is 43.3 Å². The Morgan fingerprint density at radius 3 is 1.93 bits per heavy atom. The maximum atomic E-state index is 13.1. The SMILES string of the molecule is CCCCCCCCCCCCCCCC(=O)Nc1cc(OS(=O)(=O)c2ccccc2)c2ccccc2c1OCOC(C)OC. The molecule has 8 nitrogen and oxygen atoms in total. The highest BCUT2D eigenvalue weighted by Crippen LogP contribution is 2.41. The van der Waals surface area contributed by atoms with E-state index in [1.807, 2.05) is 6.07 Å². The van der Waals surface area contributed by atoms with E-state index in [0.717, 1.165) is 19.3 Å². The van der Waals surface area contributed by atoms with Crippen molar-refractivity contribution in [2.75, 3.05) is 19.2 Å². The third kappa shape index (κ3) is 12.6. The monoisotopic (exact) mass is 641 g/mol. The average molecular weight is 642 g/mol. The second kappa shape index (κ2) is 20.1. The summed E-state index contributed by atoms with van der Waals surface area (Å²) in [6.07, 6.45) is 15.8. The van der Waals surface area contributed by atoms with Crippen LogP contribution in [0.15, 0.2) is 65.6 Å². The molecule has 0 aliphatic heterocycles. The van der Waals surface area contributed by atoms with Gasteiger partial charge in [-0.3, -0.25) is 4.79 Å². The molecule has 1 amide bonds. The summed E-state index contributed by atoms with van der Waals surface area (Å²) in [7, 11) is -2.60. The van der Waals surface area contributed by atoms with Crippen molar-refractivity contribution >= 4 is 32.5 Å². The van der Waals surface area contributed by atoms with Crippen LogP contribution in [0.2, 0.25) is 0 Å². The molecule has 3 aromatic carbocycles. The van der Waals surface area contributed by atoms with Crippen LogP contribution in [0.4, 0.5) is 5.69 Å². The Bertz CT molecular complexity index is 1400. The summed E-state index contributed by atoms with van der Waals surface area (Å²) >= 11 is 0. The van der Waals surface area contributed by atoms with Gasteiger partial charge in [0.1, 0.15) is 4.90 Å². The molecule has 9 heteroatoms. The van der Waals surface area contributed by atoms with E-state index < -0.39 is 16.4 Å². The summed E-state index contributed by atoms with van der Waals surface area (Å²) in [5.41, 5.74) is 0.306. The van der Waals surface area contributed by atoms with Gasteiger partial charge in [-0.15, -0.1) is 0 Å². The van der Waals surface area contributed by atoms with Crippen molar-refractivity contribution in [1.29, 1.82) is 0 Å². The van der Waals surface area contributed by atoms with Crippen LogP contribution in [-0.2, 0) is 24.4 Å². The number of fused-ring (bicyclic) bond motifs is 1. The van der Waals surface area contributed by atoms with Gasteiger partial charge in [-0.2, -0.15) is 8.42 Å². The lowest BCUT2D eigenvalue weighted by Gasteiger charge is -2.19. The maximum absolute atomic E-state index is 13.1. The van der Waals surface area contributed by atoms with Crippen LogP contribution in [0.5, 0.6) is 11.5 Å². The van der Waals surface area contributed by atoms with Gasteiger partial charge in [0.05, 0.1) is 5.69 Å². The van der Waals surface area contributed by atoms with Crippen LogP contribution in [-0.4, -0.2) is 34.5 Å². The van der Waals surface area contributed by atoms with Crippen LogP contribution in [0.25, 0.3) is 10.8 Å². The van der Waals surface area contributed by atoms with Crippen LogP contribution in [0, 0.1) is 0 Å². The minimum atomic E-state index is -4.13. The number of carbonyl (C=O) groups excluding carboxylic acids is 1. The van der Waals surface area contributed by atoms with Crippen molar-refractivity contribution in [2.45, 2.75) is 115 Å². The topological polar surface area (TPSA) is 100 Å². The molecule has 0 aliphatic rings. The minimum Gasteiger partial charge on any atom is -0.465 e. The molecule has 3 aromatic rings. The van der Waals surface area contributed by atoms with Gasteiger partial charge in [0.2, 0.25) is 5.91 Å². The van der Waals surface area contributed by atoms with E-state index in [-0.39, 0.29) is 23.3 Å². The molecule has 0 fully saturated rings. The van der Waals surface area contributed by atoms with Gasteiger partial charge in [-0.05, 0) is 25.5 Å². The first kappa shape index (κ1) is 36.3. The van der Waals surface area contributed by atoms with Gasteiger partial charge in [-0.25, -0.2) is 0 Å². The van der Waals surface area contributed by atoms with E-state index in [9.17, 15) is 13.2 Å². The van der Waals surface area contributed by atoms with Crippen LogP contribution in [0.3, 0.4) is 0 Å². The van der Waals surface area contributed by atoms with Gasteiger partial charge < -0.3 is 23.7 Å². The van der Waals surface area contributed by atoms with Gasteiger partial charge >= 0.3 is 10.1 Å². The fourth-order valence-electron chi connectivity index (χ4n) is 5.16. The summed E-state index contributed by atoms with van der Waals surface area (Å²) < 4.78 is 48.5. The molecule has 0 bridgehead atoms. The molecule has 0 saturated heterocycles. The molecule has 0 saturated carbocycles. The molecule has 1 N–H and O–H groups in total. The molecule has 1 atom stereocenters. The predicted molar refractivity (Wildman–Crippen MR) is 180 cm³/mol. The van der Waals surface area contributed by atoms with Crippen LogP contribution < -0.4 is 14.2 Å². The van der Waals surface area contributed by atoms with Crippen LogP contribution >= 0.6 is 0 Å². The zero-order chi connectivity index (χ0) is 32.3. The number of benzene rings is 3. The summed E-state index contributed by atoms with van der Waals surface area (Å²) in [6.45, 7) is 3.86. The third-order valence-corrected chi connectivity index (χ3v) is 9.06. The number of hydrogen-bond acceptors (Lipinski definition) is 7. The Morgan fingerprint density at radius 1 is 0.778 bits per heavy atom. The lowest BCUT2D eigenvalue weighted by atomic mass is 10.0. The number of amides is 1. The quantitative estimate of drug-likeness (QED) is 0.0625. The lowest BCUT2D eigenvalue weighted by molar-refractivity contribution is -0.149. The van der Waals surface area contributed by atoms with E-state index >= 15 is 0 Å². The molecule has 0 heterocycles. The zero-order valence-electron chi connectivity index (χ0n) is 27.2. The van der Waals surface area contributed by atoms with Gasteiger partial charge in [0.25, 0.3) is 0 Å². The normalized spacial score (nSPS) is 12.2. The minimum absolute atomic E-state index is 0.0318. The first-order valence-electron chi connectivity index (χ1n) is 16.5. The highest BCUT2D eigenvalue weighted by Gasteiger charge is 2.22. The van der Waals surface area contributed by atoms with E-state index in [0.29, 0.717) is 28.6 Å². The second-order valence-corrected chi connectivity index (χ2v) is 13.0. The number of unbranched alkanes of at least 4 members (excludes halogenated alkanes) is 12. The van der Waals surface area contributed by atoms with Crippen molar-refractivity contribution in [1.82, 2.24) is 0 Å². The number of hydrogen-bond donors (Lipinski definition) is 1. The number of methoxy groups -OCH3 is 1. The summed E-state index contributed by atoms with van der Waals surface area (Å²) in [6, 6.07) is 16.6. The Balaban J connectivity index is 1.62. The Labute approximate surface area is 269 Å². The van der Waals surface area contributed by atoms with Crippen molar-refractivity contribution in [3.63, 3.8) is 0 Å². The first-order chi connectivity index (χ1) is 21.9. The number of rotatable bonds is 23. The predicted octanol–water partition coefficient (Wildman–Crippen LogP) is 9.37. The van der Waals surface area contributed by atoms with Gasteiger partial charge in [0.15, 0.2) is 24.6 Å².